The first kappa shape index (κ1) is 13.5. The van der Waals surface area contributed by atoms with Crippen molar-refractivity contribution in [2.45, 2.75) is 16.8 Å². The summed E-state index contributed by atoms with van der Waals surface area (Å²) in [5.41, 5.74) is 3.11. The minimum absolute atomic E-state index is 0.902. The van der Waals surface area contributed by atoms with Gasteiger partial charge in [-0.05, 0) is 30.5 Å². The van der Waals surface area contributed by atoms with Crippen molar-refractivity contribution in [3.63, 3.8) is 0 Å². The molecule has 0 bridgehead atoms. The highest BCUT2D eigenvalue weighted by atomic mass is 32.2. The number of nitrogens with zero attached hydrogens (tertiary/aromatic N) is 3. The Hall–Kier alpha value is -2.11. The fourth-order valence-corrected chi connectivity index (χ4v) is 3.87. The fraction of sp³-hybridized carbons (Fsp3) is 0.0588. The van der Waals surface area contributed by atoms with E-state index in [0.29, 0.717) is 0 Å². The normalized spacial score (nSPS) is 11.1. The van der Waals surface area contributed by atoms with Crippen LogP contribution < -0.4 is 0 Å². The number of aryl methyl sites for hydroxylation is 1. The second-order valence-corrected chi connectivity index (χ2v) is 7.00. The Morgan fingerprint density at radius 3 is 2.73 bits per heavy atom. The van der Waals surface area contributed by atoms with Crippen LogP contribution in [-0.2, 0) is 0 Å². The van der Waals surface area contributed by atoms with E-state index in [1.165, 1.54) is 10.5 Å². The molecule has 1 aromatic carbocycles. The van der Waals surface area contributed by atoms with Crippen LogP contribution in [0.25, 0.3) is 16.2 Å². The lowest BCUT2D eigenvalue weighted by atomic mass is 10.2. The van der Waals surface area contributed by atoms with Gasteiger partial charge in [0.25, 0.3) is 0 Å². The molecule has 5 heteroatoms. The molecule has 0 amide bonds. The Balaban J connectivity index is 1.78. The highest BCUT2D eigenvalue weighted by molar-refractivity contribution is 7.99. The van der Waals surface area contributed by atoms with Crippen molar-refractivity contribution in [2.75, 3.05) is 0 Å². The van der Waals surface area contributed by atoms with Gasteiger partial charge in [0.2, 0.25) is 0 Å². The molecular formula is C17H13N3S2. The Kier molecular flexibility index (Phi) is 3.44. The maximum Gasteiger partial charge on any atom is 0.165 e. The maximum absolute atomic E-state index is 4.64. The van der Waals surface area contributed by atoms with Gasteiger partial charge in [0.15, 0.2) is 5.65 Å². The van der Waals surface area contributed by atoms with Crippen molar-refractivity contribution in [2.24, 2.45) is 0 Å². The molecule has 0 fully saturated rings. The number of benzene rings is 1. The predicted molar refractivity (Wildman–Crippen MR) is 91.6 cm³/mol. The molecule has 0 saturated carbocycles. The average molecular weight is 323 g/mol. The van der Waals surface area contributed by atoms with E-state index >= 15 is 0 Å². The first-order valence-electron chi connectivity index (χ1n) is 6.92. The number of rotatable bonds is 3. The lowest BCUT2D eigenvalue weighted by Gasteiger charge is -2.07. The van der Waals surface area contributed by atoms with Gasteiger partial charge in [0.05, 0.1) is 11.1 Å². The van der Waals surface area contributed by atoms with Crippen molar-refractivity contribution in [3.05, 3.63) is 65.9 Å². The molecule has 3 heterocycles. The summed E-state index contributed by atoms with van der Waals surface area (Å²) in [5.74, 6) is 0. The Bertz CT molecular complexity index is 909. The highest BCUT2D eigenvalue weighted by Crippen LogP contribution is 2.32. The molecule has 108 valence electrons. The second-order valence-electron chi connectivity index (χ2n) is 4.96. The van der Waals surface area contributed by atoms with E-state index in [4.69, 9.17) is 0 Å². The summed E-state index contributed by atoms with van der Waals surface area (Å²) >= 11 is 3.38. The van der Waals surface area contributed by atoms with Crippen LogP contribution >= 0.6 is 23.1 Å². The van der Waals surface area contributed by atoms with Gasteiger partial charge in [-0.3, -0.25) is 4.40 Å². The van der Waals surface area contributed by atoms with Crippen molar-refractivity contribution in [1.82, 2.24) is 14.4 Å². The van der Waals surface area contributed by atoms with E-state index in [1.54, 1.807) is 23.1 Å². The van der Waals surface area contributed by atoms with Crippen LogP contribution in [0, 0.1) is 6.92 Å². The molecular weight excluding hydrogens is 310 g/mol. The molecule has 4 rings (SSSR count). The summed E-state index contributed by atoms with van der Waals surface area (Å²) in [6.45, 7) is 2.10. The van der Waals surface area contributed by atoms with Crippen LogP contribution in [0.1, 0.15) is 5.56 Å². The van der Waals surface area contributed by atoms with Crippen LogP contribution in [0.5, 0.6) is 0 Å². The van der Waals surface area contributed by atoms with E-state index < -0.39 is 0 Å². The third kappa shape index (κ3) is 2.42. The summed E-state index contributed by atoms with van der Waals surface area (Å²) in [6, 6.07) is 12.6. The van der Waals surface area contributed by atoms with Gasteiger partial charge in [-0.2, -0.15) is 0 Å². The first-order valence-corrected chi connectivity index (χ1v) is 8.61. The van der Waals surface area contributed by atoms with Crippen LogP contribution in [0.2, 0.25) is 0 Å². The standard InChI is InChI=1S/C17H13N3S2/c1-12-4-6-13(7-5-12)22-15-11-19-16(14-3-2-10-21-14)17-18-8-9-20(15)17/h2-11H,1H3. The molecule has 0 atom stereocenters. The molecule has 0 aliphatic rings. The zero-order chi connectivity index (χ0) is 14.9. The summed E-state index contributed by atoms with van der Waals surface area (Å²) in [7, 11) is 0. The van der Waals surface area contributed by atoms with Crippen LogP contribution in [0.15, 0.2) is 70.3 Å². The Morgan fingerprint density at radius 2 is 1.95 bits per heavy atom. The maximum atomic E-state index is 4.64. The molecule has 3 aromatic heterocycles. The molecule has 0 radical (unpaired) electrons. The third-order valence-electron chi connectivity index (χ3n) is 3.39. The van der Waals surface area contributed by atoms with Crippen LogP contribution in [-0.4, -0.2) is 14.4 Å². The van der Waals surface area contributed by atoms with Gasteiger partial charge in [0.1, 0.15) is 10.7 Å². The summed E-state index contributed by atoms with van der Waals surface area (Å²) in [4.78, 5) is 11.5. The number of imidazole rings is 1. The second kappa shape index (κ2) is 5.59. The highest BCUT2D eigenvalue weighted by Gasteiger charge is 2.12. The first-order chi connectivity index (χ1) is 10.8. The lowest BCUT2D eigenvalue weighted by molar-refractivity contribution is 0.985. The lowest BCUT2D eigenvalue weighted by Crippen LogP contribution is -1.94. The number of thiophene rings is 1. The van der Waals surface area contributed by atoms with Gasteiger partial charge in [-0.25, -0.2) is 9.97 Å². The minimum Gasteiger partial charge on any atom is -0.291 e. The Morgan fingerprint density at radius 1 is 1.09 bits per heavy atom. The van der Waals surface area contributed by atoms with E-state index in [0.717, 1.165) is 21.2 Å². The van der Waals surface area contributed by atoms with E-state index in [2.05, 4.69) is 57.0 Å². The molecule has 0 spiro atoms. The van der Waals surface area contributed by atoms with Crippen molar-refractivity contribution < 1.29 is 0 Å². The van der Waals surface area contributed by atoms with Crippen molar-refractivity contribution in [3.8, 4) is 10.6 Å². The smallest absolute Gasteiger partial charge is 0.165 e. The van der Waals surface area contributed by atoms with Crippen molar-refractivity contribution >= 4 is 28.7 Å². The number of aromatic nitrogens is 3. The summed E-state index contributed by atoms with van der Waals surface area (Å²) in [5, 5.41) is 3.13. The molecule has 4 aromatic rings. The molecule has 0 aliphatic carbocycles. The molecule has 3 nitrogen and oxygen atoms in total. The van der Waals surface area contributed by atoms with E-state index in [9.17, 15) is 0 Å². The average Bonchev–Trinajstić information content (AvgIpc) is 3.20. The van der Waals surface area contributed by atoms with Crippen LogP contribution in [0.4, 0.5) is 0 Å². The van der Waals surface area contributed by atoms with Gasteiger partial charge in [-0.1, -0.05) is 35.5 Å². The van der Waals surface area contributed by atoms with E-state index in [1.807, 2.05) is 24.7 Å². The minimum atomic E-state index is 0.902. The molecule has 0 N–H and O–H groups in total. The molecule has 22 heavy (non-hydrogen) atoms. The Labute approximate surface area is 136 Å². The van der Waals surface area contributed by atoms with E-state index in [-0.39, 0.29) is 0 Å². The third-order valence-corrected chi connectivity index (χ3v) is 5.29. The number of fused-ring (bicyclic) bond motifs is 1. The zero-order valence-electron chi connectivity index (χ0n) is 11.9. The number of hydrogen-bond donors (Lipinski definition) is 0. The topological polar surface area (TPSA) is 30.2 Å². The summed E-state index contributed by atoms with van der Waals surface area (Å²) < 4.78 is 2.10. The molecule has 0 aliphatic heterocycles. The molecule has 0 unspecified atom stereocenters. The summed E-state index contributed by atoms with van der Waals surface area (Å²) in [6.07, 6.45) is 5.74. The SMILES string of the molecule is Cc1ccc(Sc2cnc(-c3cccs3)c3nccn23)cc1. The quantitative estimate of drug-likeness (QED) is 0.536. The van der Waals surface area contributed by atoms with Crippen molar-refractivity contribution in [1.29, 1.82) is 0 Å². The fourth-order valence-electron chi connectivity index (χ4n) is 2.29. The monoisotopic (exact) mass is 323 g/mol. The van der Waals surface area contributed by atoms with Crippen LogP contribution in [0.3, 0.4) is 0 Å². The largest absolute Gasteiger partial charge is 0.291 e. The predicted octanol–water partition coefficient (Wildman–Crippen LogP) is 4.92. The van der Waals surface area contributed by atoms with Gasteiger partial charge in [0, 0.05) is 17.3 Å². The molecule has 0 saturated heterocycles. The van der Waals surface area contributed by atoms with Gasteiger partial charge in [-0.15, -0.1) is 11.3 Å². The van der Waals surface area contributed by atoms with Gasteiger partial charge >= 0.3 is 0 Å². The zero-order valence-corrected chi connectivity index (χ0v) is 13.6. The number of hydrogen-bond acceptors (Lipinski definition) is 4. The van der Waals surface area contributed by atoms with Gasteiger partial charge < -0.3 is 0 Å².